The van der Waals surface area contributed by atoms with Crippen molar-refractivity contribution in [2.75, 3.05) is 5.75 Å². The molecule has 0 spiro atoms. The molecule has 34 heavy (non-hydrogen) atoms. The second-order valence-electron chi connectivity index (χ2n) is 7.95. The molecule has 1 atom stereocenters. The predicted molar refractivity (Wildman–Crippen MR) is 139 cm³/mol. The van der Waals surface area contributed by atoms with Crippen LogP contribution in [0.5, 0.6) is 0 Å². The Morgan fingerprint density at radius 3 is 2.68 bits per heavy atom. The Labute approximate surface area is 205 Å². The SMILES string of the molecule is CC[C@@H](Sc1nnc2c3ccccc3n(C)c2n1)C(=O)NC1=NN=C(c2ccc(C)cc2)CS1. The number of nitrogens with one attached hydrogen (secondary N) is 1. The number of para-hydroxylation sites is 1. The van der Waals surface area contributed by atoms with Gasteiger partial charge in [-0.1, -0.05) is 78.5 Å². The Hall–Kier alpha value is -3.24. The van der Waals surface area contributed by atoms with Crippen LogP contribution in [-0.2, 0) is 11.8 Å². The van der Waals surface area contributed by atoms with Gasteiger partial charge in [0.1, 0.15) is 5.52 Å². The third kappa shape index (κ3) is 4.43. The summed E-state index contributed by atoms with van der Waals surface area (Å²) in [5, 5.41) is 21.8. The van der Waals surface area contributed by atoms with E-state index in [9.17, 15) is 4.79 Å². The molecule has 0 fully saturated rings. The number of amides is 1. The minimum Gasteiger partial charge on any atom is -0.327 e. The molecule has 1 aliphatic heterocycles. The van der Waals surface area contributed by atoms with Crippen LogP contribution in [0, 0.1) is 6.92 Å². The topological polar surface area (TPSA) is 97.4 Å². The smallest absolute Gasteiger partial charge is 0.239 e. The van der Waals surface area contributed by atoms with Crippen molar-refractivity contribution < 1.29 is 4.79 Å². The molecule has 1 aliphatic rings. The van der Waals surface area contributed by atoms with Crippen molar-refractivity contribution in [3.05, 3.63) is 59.7 Å². The summed E-state index contributed by atoms with van der Waals surface area (Å²) in [5.41, 5.74) is 5.69. The van der Waals surface area contributed by atoms with E-state index in [1.807, 2.05) is 54.9 Å². The number of nitrogens with zero attached hydrogens (tertiary/aromatic N) is 6. The standard InChI is InChI=1S/C24H23N7OS2/c1-4-19(22(32)26-23-29-27-17(13-33-23)15-11-9-14(2)10-12-15)34-24-25-21-20(28-30-24)16-7-5-6-8-18(16)31(21)3/h5-12,19H,4,13H2,1-3H3,(H,26,29,32)/t19-/m1/s1. The summed E-state index contributed by atoms with van der Waals surface area (Å²) >= 11 is 2.78. The summed E-state index contributed by atoms with van der Waals surface area (Å²) < 4.78 is 2.00. The average Bonchev–Trinajstić information content (AvgIpc) is 3.15. The quantitative estimate of drug-likeness (QED) is 0.419. The zero-order chi connectivity index (χ0) is 23.7. The largest absolute Gasteiger partial charge is 0.327 e. The molecule has 0 unspecified atom stereocenters. The van der Waals surface area contributed by atoms with Crippen LogP contribution in [0.15, 0.2) is 63.9 Å². The van der Waals surface area contributed by atoms with E-state index in [2.05, 4.69) is 44.8 Å². The van der Waals surface area contributed by atoms with Gasteiger partial charge < -0.3 is 9.88 Å². The van der Waals surface area contributed by atoms with Gasteiger partial charge in [0, 0.05) is 18.2 Å². The van der Waals surface area contributed by atoms with Gasteiger partial charge in [0.05, 0.1) is 16.5 Å². The van der Waals surface area contributed by atoms with Crippen LogP contribution in [0.1, 0.15) is 24.5 Å². The number of amidine groups is 1. The van der Waals surface area contributed by atoms with Gasteiger partial charge in [0.2, 0.25) is 11.1 Å². The zero-order valence-electron chi connectivity index (χ0n) is 19.0. The maximum Gasteiger partial charge on any atom is 0.239 e. The van der Waals surface area contributed by atoms with Crippen LogP contribution in [0.4, 0.5) is 0 Å². The number of hydrogen-bond donors (Lipinski definition) is 1. The van der Waals surface area contributed by atoms with E-state index in [4.69, 9.17) is 4.98 Å². The van der Waals surface area contributed by atoms with Gasteiger partial charge in [-0.15, -0.1) is 15.3 Å². The highest BCUT2D eigenvalue weighted by Crippen LogP contribution is 2.28. The molecule has 8 nitrogen and oxygen atoms in total. The first-order valence-electron chi connectivity index (χ1n) is 10.9. The number of aryl methyl sites for hydroxylation is 2. The Balaban J connectivity index is 1.30. The van der Waals surface area contributed by atoms with Gasteiger partial charge in [0.25, 0.3) is 0 Å². The molecule has 0 saturated heterocycles. The molecule has 0 saturated carbocycles. The molecule has 2 aromatic carbocycles. The lowest BCUT2D eigenvalue weighted by Gasteiger charge is -2.16. The fourth-order valence-electron chi connectivity index (χ4n) is 3.73. The first-order chi connectivity index (χ1) is 16.5. The van der Waals surface area contributed by atoms with Crippen LogP contribution in [0.3, 0.4) is 0 Å². The molecule has 2 aromatic heterocycles. The summed E-state index contributed by atoms with van der Waals surface area (Å²) in [6, 6.07) is 16.2. The highest BCUT2D eigenvalue weighted by atomic mass is 32.2. The van der Waals surface area contributed by atoms with Crippen molar-refractivity contribution >= 4 is 62.4 Å². The van der Waals surface area contributed by atoms with Crippen LogP contribution in [0.2, 0.25) is 0 Å². The Morgan fingerprint density at radius 1 is 1.15 bits per heavy atom. The molecule has 1 N–H and O–H groups in total. The van der Waals surface area contributed by atoms with Crippen LogP contribution in [-0.4, -0.2) is 47.5 Å². The predicted octanol–water partition coefficient (Wildman–Crippen LogP) is 4.32. The second-order valence-corrected chi connectivity index (χ2v) is 10.1. The third-order valence-corrected chi connectivity index (χ3v) is 7.71. The molecule has 4 aromatic rings. The molecule has 0 radical (unpaired) electrons. The van der Waals surface area contributed by atoms with E-state index in [0.29, 0.717) is 22.5 Å². The molecule has 10 heteroatoms. The Bertz CT molecular complexity index is 1440. The molecule has 0 aliphatic carbocycles. The Kier molecular flexibility index (Phi) is 6.34. The maximum atomic E-state index is 13.0. The lowest BCUT2D eigenvalue weighted by molar-refractivity contribution is -0.119. The monoisotopic (exact) mass is 489 g/mol. The molecular weight excluding hydrogens is 466 g/mol. The maximum absolute atomic E-state index is 13.0. The van der Waals surface area contributed by atoms with Crippen molar-refractivity contribution in [3.63, 3.8) is 0 Å². The Morgan fingerprint density at radius 2 is 1.94 bits per heavy atom. The summed E-state index contributed by atoms with van der Waals surface area (Å²) in [6.45, 7) is 4.01. The van der Waals surface area contributed by atoms with E-state index >= 15 is 0 Å². The first kappa shape index (κ1) is 22.5. The van der Waals surface area contributed by atoms with Gasteiger partial charge in [-0.3, -0.25) is 4.79 Å². The lowest BCUT2D eigenvalue weighted by Crippen LogP contribution is -2.37. The number of hydrogen-bond acceptors (Lipinski definition) is 8. The van der Waals surface area contributed by atoms with Gasteiger partial charge in [-0.2, -0.15) is 5.10 Å². The highest BCUT2D eigenvalue weighted by Gasteiger charge is 2.23. The minimum atomic E-state index is -0.375. The fourth-order valence-corrected chi connectivity index (χ4v) is 5.31. The molecule has 0 bridgehead atoms. The summed E-state index contributed by atoms with van der Waals surface area (Å²) in [6.07, 6.45) is 0.614. The van der Waals surface area contributed by atoms with Crippen molar-refractivity contribution in [2.24, 2.45) is 17.3 Å². The first-order valence-corrected chi connectivity index (χ1v) is 12.8. The number of carbonyl (C=O) groups excluding carboxylic acids is 1. The van der Waals surface area contributed by atoms with E-state index in [1.165, 1.54) is 29.1 Å². The molecule has 172 valence electrons. The zero-order valence-corrected chi connectivity index (χ0v) is 20.7. The lowest BCUT2D eigenvalue weighted by atomic mass is 10.1. The number of benzene rings is 2. The minimum absolute atomic E-state index is 0.145. The third-order valence-electron chi connectivity index (χ3n) is 5.62. The van der Waals surface area contributed by atoms with E-state index < -0.39 is 0 Å². The molecule has 1 amide bonds. The van der Waals surface area contributed by atoms with Crippen molar-refractivity contribution in [3.8, 4) is 0 Å². The summed E-state index contributed by atoms with van der Waals surface area (Å²) in [7, 11) is 1.96. The molecule has 3 heterocycles. The number of thioether (sulfide) groups is 2. The van der Waals surface area contributed by atoms with Crippen LogP contribution >= 0.6 is 23.5 Å². The second kappa shape index (κ2) is 9.55. The van der Waals surface area contributed by atoms with Gasteiger partial charge in [-0.05, 0) is 25.0 Å². The van der Waals surface area contributed by atoms with E-state index in [-0.39, 0.29) is 11.2 Å². The van der Waals surface area contributed by atoms with Crippen LogP contribution < -0.4 is 5.32 Å². The van der Waals surface area contributed by atoms with Crippen molar-refractivity contribution in [2.45, 2.75) is 30.7 Å². The highest BCUT2D eigenvalue weighted by molar-refractivity contribution is 8.14. The normalized spacial score (nSPS) is 14.7. The number of rotatable bonds is 5. The fraction of sp³-hybridized carbons (Fsp3) is 0.250. The van der Waals surface area contributed by atoms with E-state index in [1.54, 1.807) is 0 Å². The summed E-state index contributed by atoms with van der Waals surface area (Å²) in [5.74, 6) is 0.505. The van der Waals surface area contributed by atoms with Crippen molar-refractivity contribution in [1.29, 1.82) is 0 Å². The summed E-state index contributed by atoms with van der Waals surface area (Å²) in [4.78, 5) is 17.6. The molecular formula is C24H23N7OS2. The van der Waals surface area contributed by atoms with E-state index in [0.717, 1.165) is 33.3 Å². The average molecular weight is 490 g/mol. The number of carbonyl (C=O) groups is 1. The number of aromatic nitrogens is 4. The number of fused-ring (bicyclic) bond motifs is 3. The van der Waals surface area contributed by atoms with Crippen molar-refractivity contribution in [1.82, 2.24) is 25.1 Å². The molecule has 5 rings (SSSR count). The van der Waals surface area contributed by atoms with Crippen LogP contribution in [0.25, 0.3) is 22.1 Å². The van der Waals surface area contributed by atoms with Gasteiger partial charge in [0.15, 0.2) is 10.8 Å². The van der Waals surface area contributed by atoms with Gasteiger partial charge in [-0.25, -0.2) is 4.98 Å². The van der Waals surface area contributed by atoms with Gasteiger partial charge >= 0.3 is 0 Å².